The van der Waals surface area contributed by atoms with E-state index in [2.05, 4.69) is 15.5 Å². The van der Waals surface area contributed by atoms with Crippen LogP contribution < -0.4 is 5.32 Å². The average molecular weight is 376 g/mol. The van der Waals surface area contributed by atoms with Gasteiger partial charge in [0.1, 0.15) is 0 Å². The van der Waals surface area contributed by atoms with Gasteiger partial charge in [-0.3, -0.25) is 9.59 Å². The average Bonchev–Trinajstić information content (AvgIpc) is 3.29. The number of aromatic nitrogens is 2. The predicted octanol–water partition coefficient (Wildman–Crippen LogP) is 3.73. The monoisotopic (exact) mass is 375 g/mol. The number of carbonyl (C=O) groups is 2. The molecule has 0 radical (unpaired) electrons. The van der Waals surface area contributed by atoms with Crippen molar-refractivity contribution in [1.82, 2.24) is 15.5 Å². The second-order valence-corrected chi connectivity index (χ2v) is 6.58. The van der Waals surface area contributed by atoms with Gasteiger partial charge in [0, 0.05) is 23.4 Å². The lowest BCUT2D eigenvalue weighted by atomic mass is 10.1. The quantitative estimate of drug-likeness (QED) is 0.636. The number of carbonyl (C=O) groups excluding carboxylic acids is 2. The summed E-state index contributed by atoms with van der Waals surface area (Å²) in [4.78, 5) is 29.0. The standard InChI is InChI=1S/C17H14ClN3O3S/c18-12-5-3-11(4-6-12)13(22)7-8-15(23)19-10-16-20-17(21-24-16)14-2-1-9-25-14/h1-6,9H,7-8,10H2,(H,19,23). The largest absolute Gasteiger partial charge is 0.347 e. The summed E-state index contributed by atoms with van der Waals surface area (Å²) < 4.78 is 5.10. The third kappa shape index (κ3) is 4.74. The molecule has 0 spiro atoms. The van der Waals surface area contributed by atoms with Crippen molar-refractivity contribution >= 4 is 34.6 Å². The summed E-state index contributed by atoms with van der Waals surface area (Å²) in [6, 6.07) is 10.4. The lowest BCUT2D eigenvalue weighted by Crippen LogP contribution is -2.23. The van der Waals surface area contributed by atoms with E-state index in [0.29, 0.717) is 22.3 Å². The number of nitrogens with zero attached hydrogens (tertiary/aromatic N) is 2. The van der Waals surface area contributed by atoms with Gasteiger partial charge < -0.3 is 9.84 Å². The second-order valence-electron chi connectivity index (χ2n) is 5.20. The van der Waals surface area contributed by atoms with Crippen molar-refractivity contribution in [3.8, 4) is 10.7 Å². The zero-order chi connectivity index (χ0) is 17.6. The molecule has 3 rings (SSSR count). The van der Waals surface area contributed by atoms with Crippen molar-refractivity contribution in [3.63, 3.8) is 0 Å². The van der Waals surface area contributed by atoms with E-state index >= 15 is 0 Å². The van der Waals surface area contributed by atoms with Gasteiger partial charge in [-0.2, -0.15) is 4.98 Å². The smallest absolute Gasteiger partial charge is 0.246 e. The molecule has 25 heavy (non-hydrogen) atoms. The summed E-state index contributed by atoms with van der Waals surface area (Å²) in [5, 5.41) is 9.02. The number of halogens is 1. The number of thiophene rings is 1. The van der Waals surface area contributed by atoms with E-state index in [-0.39, 0.29) is 31.1 Å². The van der Waals surface area contributed by atoms with Crippen molar-refractivity contribution in [2.45, 2.75) is 19.4 Å². The fraction of sp³-hybridized carbons (Fsp3) is 0.176. The van der Waals surface area contributed by atoms with Crippen LogP contribution >= 0.6 is 22.9 Å². The first-order chi connectivity index (χ1) is 12.1. The molecular weight excluding hydrogens is 362 g/mol. The van der Waals surface area contributed by atoms with Gasteiger partial charge in [-0.05, 0) is 35.7 Å². The Morgan fingerprint density at radius 3 is 2.68 bits per heavy atom. The Morgan fingerprint density at radius 2 is 1.96 bits per heavy atom. The van der Waals surface area contributed by atoms with E-state index in [1.165, 1.54) is 11.3 Å². The van der Waals surface area contributed by atoms with Gasteiger partial charge in [0.25, 0.3) is 0 Å². The molecule has 2 heterocycles. The number of Topliss-reactive ketones (excluding diaryl/α,β-unsaturated/α-hetero) is 1. The molecule has 2 aromatic heterocycles. The van der Waals surface area contributed by atoms with Gasteiger partial charge in [0.2, 0.25) is 17.6 Å². The van der Waals surface area contributed by atoms with Crippen molar-refractivity contribution < 1.29 is 14.1 Å². The minimum Gasteiger partial charge on any atom is -0.347 e. The van der Waals surface area contributed by atoms with E-state index in [0.717, 1.165) is 4.88 Å². The molecule has 0 aliphatic carbocycles. The highest BCUT2D eigenvalue weighted by molar-refractivity contribution is 7.13. The van der Waals surface area contributed by atoms with Crippen molar-refractivity contribution in [1.29, 1.82) is 0 Å². The summed E-state index contributed by atoms with van der Waals surface area (Å²) in [6.07, 6.45) is 0.213. The van der Waals surface area contributed by atoms with Crippen molar-refractivity contribution in [2.75, 3.05) is 0 Å². The normalized spacial score (nSPS) is 10.6. The topological polar surface area (TPSA) is 85.1 Å². The molecule has 3 aromatic rings. The fourth-order valence-corrected chi connectivity index (χ4v) is 2.88. The van der Waals surface area contributed by atoms with Crippen LogP contribution in [0, 0.1) is 0 Å². The Balaban J connectivity index is 1.45. The molecule has 1 N–H and O–H groups in total. The van der Waals surface area contributed by atoms with Crippen LogP contribution in [0.5, 0.6) is 0 Å². The van der Waals surface area contributed by atoms with Gasteiger partial charge in [-0.15, -0.1) is 11.3 Å². The molecule has 8 heteroatoms. The molecule has 0 aliphatic heterocycles. The van der Waals surface area contributed by atoms with Crippen LogP contribution in [0.1, 0.15) is 29.1 Å². The maximum absolute atomic E-state index is 12.0. The Labute approximate surface area is 152 Å². The number of amides is 1. The summed E-state index contributed by atoms with van der Waals surface area (Å²) >= 11 is 7.29. The Kier molecular flexibility index (Phi) is 5.57. The lowest BCUT2D eigenvalue weighted by molar-refractivity contribution is -0.121. The van der Waals surface area contributed by atoms with Gasteiger partial charge in [0.05, 0.1) is 11.4 Å². The van der Waals surface area contributed by atoms with Crippen LogP contribution in [0.2, 0.25) is 5.02 Å². The zero-order valence-electron chi connectivity index (χ0n) is 13.1. The Hall–Kier alpha value is -2.51. The molecule has 0 bridgehead atoms. The molecule has 0 saturated heterocycles. The van der Waals surface area contributed by atoms with Crippen molar-refractivity contribution in [3.05, 3.63) is 58.3 Å². The molecule has 0 atom stereocenters. The van der Waals surface area contributed by atoms with E-state index in [1.54, 1.807) is 24.3 Å². The SMILES string of the molecule is O=C(CCC(=O)c1ccc(Cl)cc1)NCc1nc(-c2cccs2)no1. The van der Waals surface area contributed by atoms with Crippen LogP contribution in [-0.4, -0.2) is 21.8 Å². The summed E-state index contributed by atoms with van der Waals surface area (Å²) in [7, 11) is 0. The number of ketones is 1. The second kappa shape index (κ2) is 8.04. The fourth-order valence-electron chi connectivity index (χ4n) is 2.10. The van der Waals surface area contributed by atoms with Gasteiger partial charge in [0.15, 0.2) is 5.78 Å². The van der Waals surface area contributed by atoms with Crippen LogP contribution in [0.4, 0.5) is 0 Å². The minimum absolute atomic E-state index is 0.0907. The first-order valence-corrected chi connectivity index (χ1v) is 8.79. The van der Waals surface area contributed by atoms with Gasteiger partial charge in [-0.1, -0.05) is 22.8 Å². The Bertz CT molecular complexity index is 860. The molecule has 6 nitrogen and oxygen atoms in total. The van der Waals surface area contributed by atoms with E-state index in [4.69, 9.17) is 16.1 Å². The summed E-state index contributed by atoms with van der Waals surface area (Å²) in [5.41, 5.74) is 0.537. The van der Waals surface area contributed by atoms with E-state index in [9.17, 15) is 9.59 Å². The van der Waals surface area contributed by atoms with Gasteiger partial charge in [-0.25, -0.2) is 0 Å². The van der Waals surface area contributed by atoms with Crippen LogP contribution in [-0.2, 0) is 11.3 Å². The molecule has 1 amide bonds. The van der Waals surface area contributed by atoms with E-state index in [1.807, 2.05) is 17.5 Å². The molecule has 0 fully saturated rings. The maximum atomic E-state index is 12.0. The molecular formula is C17H14ClN3O3S. The number of hydrogen-bond acceptors (Lipinski definition) is 6. The molecule has 0 aliphatic rings. The predicted molar refractivity (Wildman–Crippen MR) is 94.5 cm³/mol. The highest BCUT2D eigenvalue weighted by Gasteiger charge is 2.12. The highest BCUT2D eigenvalue weighted by Crippen LogP contribution is 2.21. The first kappa shape index (κ1) is 17.3. The number of rotatable bonds is 7. The maximum Gasteiger partial charge on any atom is 0.246 e. The highest BCUT2D eigenvalue weighted by atomic mass is 35.5. The summed E-state index contributed by atoms with van der Waals surface area (Å²) in [5.74, 6) is 0.459. The molecule has 128 valence electrons. The van der Waals surface area contributed by atoms with Crippen LogP contribution in [0.3, 0.4) is 0 Å². The first-order valence-electron chi connectivity index (χ1n) is 7.54. The third-order valence-electron chi connectivity index (χ3n) is 3.39. The third-order valence-corrected chi connectivity index (χ3v) is 4.51. The Morgan fingerprint density at radius 1 is 1.16 bits per heavy atom. The summed E-state index contributed by atoms with van der Waals surface area (Å²) in [6.45, 7) is 0.131. The molecule has 1 aromatic carbocycles. The number of hydrogen-bond donors (Lipinski definition) is 1. The van der Waals surface area contributed by atoms with Crippen LogP contribution in [0.25, 0.3) is 10.7 Å². The zero-order valence-corrected chi connectivity index (χ0v) is 14.6. The number of nitrogens with one attached hydrogen (secondary N) is 1. The molecule has 0 saturated carbocycles. The lowest BCUT2D eigenvalue weighted by Gasteiger charge is -2.03. The minimum atomic E-state index is -0.252. The van der Waals surface area contributed by atoms with Crippen LogP contribution in [0.15, 0.2) is 46.3 Å². The van der Waals surface area contributed by atoms with Gasteiger partial charge >= 0.3 is 0 Å². The van der Waals surface area contributed by atoms with E-state index < -0.39 is 0 Å². The molecule has 0 unspecified atom stereocenters. The number of benzene rings is 1. The van der Waals surface area contributed by atoms with Crippen molar-refractivity contribution in [2.24, 2.45) is 0 Å².